The molecule has 4 nitrogen and oxygen atoms in total. The number of nitriles is 1. The summed E-state index contributed by atoms with van der Waals surface area (Å²) in [4.78, 5) is 2.10. The van der Waals surface area contributed by atoms with Crippen LogP contribution in [0.2, 0.25) is 0 Å². The molecule has 0 aromatic heterocycles. The van der Waals surface area contributed by atoms with E-state index in [0.29, 0.717) is 12.1 Å². The van der Waals surface area contributed by atoms with E-state index in [1.54, 1.807) is 20.1 Å². The molecule has 1 N–H and O–H groups in total. The van der Waals surface area contributed by atoms with Gasteiger partial charge in [-0.2, -0.15) is 5.26 Å². The fraction of sp³-hybridized carbons (Fsp3) is 0.500. The lowest BCUT2D eigenvalue weighted by molar-refractivity contribution is 0.162. The van der Waals surface area contributed by atoms with Gasteiger partial charge in [0.15, 0.2) is 0 Å². The summed E-state index contributed by atoms with van der Waals surface area (Å²) in [6, 6.07) is 7.54. The summed E-state index contributed by atoms with van der Waals surface area (Å²) in [5, 5.41) is 18.2. The van der Waals surface area contributed by atoms with Crippen molar-refractivity contribution in [3.63, 3.8) is 0 Å². The average Bonchev–Trinajstić information content (AvgIpc) is 2.36. The maximum Gasteiger partial charge on any atom is 0.123 e. The van der Waals surface area contributed by atoms with Crippen molar-refractivity contribution in [2.24, 2.45) is 0 Å². The molecule has 1 unspecified atom stereocenters. The van der Waals surface area contributed by atoms with Gasteiger partial charge in [0, 0.05) is 18.7 Å². The number of ether oxygens (including phenoxy) is 1. The van der Waals surface area contributed by atoms with Crippen molar-refractivity contribution in [3.8, 4) is 11.8 Å². The second kappa shape index (κ2) is 7.00. The standard InChI is InChI=1S/C14H20N2O2/c1-11(17)6-7-16(2)10-13-8-12(9-15)4-5-14(13)18-3/h4-5,8,11,17H,6-7,10H2,1-3H3. The minimum absolute atomic E-state index is 0.292. The Kier molecular flexibility index (Phi) is 5.63. The van der Waals surface area contributed by atoms with Gasteiger partial charge in [-0.1, -0.05) is 0 Å². The Labute approximate surface area is 108 Å². The van der Waals surface area contributed by atoms with Crippen LogP contribution in [0.15, 0.2) is 18.2 Å². The Morgan fingerprint density at radius 3 is 2.78 bits per heavy atom. The zero-order valence-corrected chi connectivity index (χ0v) is 11.2. The van der Waals surface area contributed by atoms with E-state index in [9.17, 15) is 5.11 Å². The Balaban J connectivity index is 2.73. The van der Waals surface area contributed by atoms with Gasteiger partial charge < -0.3 is 14.7 Å². The largest absolute Gasteiger partial charge is 0.496 e. The molecule has 0 bridgehead atoms. The van der Waals surface area contributed by atoms with Gasteiger partial charge >= 0.3 is 0 Å². The topological polar surface area (TPSA) is 56.5 Å². The molecular weight excluding hydrogens is 228 g/mol. The second-order valence-electron chi connectivity index (χ2n) is 4.51. The number of aliphatic hydroxyl groups is 1. The van der Waals surface area contributed by atoms with E-state index in [0.717, 1.165) is 24.3 Å². The maximum absolute atomic E-state index is 9.26. The van der Waals surface area contributed by atoms with Crippen LogP contribution >= 0.6 is 0 Å². The highest BCUT2D eigenvalue weighted by Crippen LogP contribution is 2.21. The van der Waals surface area contributed by atoms with E-state index in [1.807, 2.05) is 19.2 Å². The van der Waals surface area contributed by atoms with E-state index in [2.05, 4.69) is 11.0 Å². The molecule has 0 aliphatic rings. The fourth-order valence-corrected chi connectivity index (χ4v) is 1.75. The Hall–Kier alpha value is -1.57. The highest BCUT2D eigenvalue weighted by Gasteiger charge is 2.08. The van der Waals surface area contributed by atoms with Gasteiger partial charge in [0.2, 0.25) is 0 Å². The first-order chi connectivity index (χ1) is 8.56. The molecule has 1 aromatic rings. The molecule has 0 aliphatic carbocycles. The molecule has 1 rings (SSSR count). The fourth-order valence-electron chi connectivity index (χ4n) is 1.75. The Bertz CT molecular complexity index is 424. The Morgan fingerprint density at radius 2 is 2.22 bits per heavy atom. The first-order valence-electron chi connectivity index (χ1n) is 6.00. The highest BCUT2D eigenvalue weighted by atomic mass is 16.5. The highest BCUT2D eigenvalue weighted by molar-refractivity contribution is 5.41. The first kappa shape index (κ1) is 14.5. The molecule has 0 radical (unpaired) electrons. The summed E-state index contributed by atoms with van der Waals surface area (Å²) in [7, 11) is 3.61. The summed E-state index contributed by atoms with van der Waals surface area (Å²) in [5.74, 6) is 0.790. The number of benzene rings is 1. The molecule has 98 valence electrons. The molecule has 1 atom stereocenters. The van der Waals surface area contributed by atoms with Crippen LogP contribution in [0.25, 0.3) is 0 Å². The van der Waals surface area contributed by atoms with Crippen LogP contribution < -0.4 is 4.74 Å². The van der Waals surface area contributed by atoms with Crippen LogP contribution in [-0.2, 0) is 6.54 Å². The molecule has 0 saturated carbocycles. The monoisotopic (exact) mass is 248 g/mol. The SMILES string of the molecule is COc1ccc(C#N)cc1CN(C)CCC(C)O. The van der Waals surface area contributed by atoms with Crippen molar-refractivity contribution in [1.29, 1.82) is 5.26 Å². The van der Waals surface area contributed by atoms with Crippen LogP contribution in [0, 0.1) is 11.3 Å². The number of aliphatic hydroxyl groups excluding tert-OH is 1. The lowest BCUT2D eigenvalue weighted by Crippen LogP contribution is -2.22. The van der Waals surface area contributed by atoms with Crippen molar-refractivity contribution in [3.05, 3.63) is 29.3 Å². The van der Waals surface area contributed by atoms with Crippen molar-refractivity contribution >= 4 is 0 Å². The number of rotatable bonds is 6. The minimum Gasteiger partial charge on any atom is -0.496 e. The van der Waals surface area contributed by atoms with Gasteiger partial charge in [0.1, 0.15) is 5.75 Å². The minimum atomic E-state index is -0.292. The lowest BCUT2D eigenvalue weighted by Gasteiger charge is -2.19. The molecule has 0 fully saturated rings. The number of hydrogen-bond donors (Lipinski definition) is 1. The van der Waals surface area contributed by atoms with Gasteiger partial charge in [-0.05, 0) is 38.6 Å². The zero-order valence-electron chi connectivity index (χ0n) is 11.2. The molecule has 0 heterocycles. The zero-order chi connectivity index (χ0) is 13.5. The number of methoxy groups -OCH3 is 1. The van der Waals surface area contributed by atoms with Crippen LogP contribution in [-0.4, -0.2) is 36.8 Å². The molecule has 0 aliphatic heterocycles. The number of hydrogen-bond acceptors (Lipinski definition) is 4. The first-order valence-corrected chi connectivity index (χ1v) is 6.00. The summed E-state index contributed by atoms with van der Waals surface area (Å²) in [6.45, 7) is 3.29. The van der Waals surface area contributed by atoms with Gasteiger partial charge in [-0.15, -0.1) is 0 Å². The average molecular weight is 248 g/mol. The molecule has 4 heteroatoms. The summed E-state index contributed by atoms with van der Waals surface area (Å²) in [6.07, 6.45) is 0.441. The molecule has 0 amide bonds. The van der Waals surface area contributed by atoms with E-state index >= 15 is 0 Å². The van der Waals surface area contributed by atoms with Crippen molar-refractivity contribution in [1.82, 2.24) is 4.90 Å². The predicted molar refractivity (Wildman–Crippen MR) is 70.3 cm³/mol. The quantitative estimate of drug-likeness (QED) is 0.833. The van der Waals surface area contributed by atoms with Crippen molar-refractivity contribution < 1.29 is 9.84 Å². The van der Waals surface area contributed by atoms with E-state index in [1.165, 1.54) is 0 Å². The van der Waals surface area contributed by atoms with Crippen molar-refractivity contribution in [2.75, 3.05) is 20.7 Å². The molecule has 0 spiro atoms. The van der Waals surface area contributed by atoms with Gasteiger partial charge in [0.25, 0.3) is 0 Å². The third-order valence-corrected chi connectivity index (χ3v) is 2.78. The van der Waals surface area contributed by atoms with E-state index < -0.39 is 0 Å². The lowest BCUT2D eigenvalue weighted by atomic mass is 10.1. The predicted octanol–water partition coefficient (Wildman–Crippen LogP) is 1.77. The smallest absolute Gasteiger partial charge is 0.123 e. The summed E-state index contributed by atoms with van der Waals surface area (Å²) < 4.78 is 5.29. The van der Waals surface area contributed by atoms with Crippen LogP contribution in [0.5, 0.6) is 5.75 Å². The second-order valence-corrected chi connectivity index (χ2v) is 4.51. The maximum atomic E-state index is 9.26. The molecule has 0 saturated heterocycles. The van der Waals surface area contributed by atoms with Crippen LogP contribution in [0.3, 0.4) is 0 Å². The number of nitrogens with zero attached hydrogens (tertiary/aromatic N) is 2. The van der Waals surface area contributed by atoms with Gasteiger partial charge in [-0.3, -0.25) is 0 Å². The third-order valence-electron chi connectivity index (χ3n) is 2.78. The van der Waals surface area contributed by atoms with E-state index in [-0.39, 0.29) is 6.10 Å². The third kappa shape index (κ3) is 4.36. The molecule has 1 aromatic carbocycles. The summed E-state index contributed by atoms with van der Waals surface area (Å²) in [5.41, 5.74) is 1.62. The van der Waals surface area contributed by atoms with Crippen molar-refractivity contribution in [2.45, 2.75) is 26.0 Å². The molecular formula is C14H20N2O2. The van der Waals surface area contributed by atoms with Crippen LogP contribution in [0.4, 0.5) is 0 Å². The molecule has 18 heavy (non-hydrogen) atoms. The van der Waals surface area contributed by atoms with Gasteiger partial charge in [-0.25, -0.2) is 0 Å². The summed E-state index contributed by atoms with van der Waals surface area (Å²) >= 11 is 0. The Morgan fingerprint density at radius 1 is 1.50 bits per heavy atom. The van der Waals surface area contributed by atoms with E-state index in [4.69, 9.17) is 10.00 Å². The normalized spacial score (nSPS) is 12.2. The van der Waals surface area contributed by atoms with Gasteiger partial charge in [0.05, 0.1) is 24.8 Å². The van der Waals surface area contributed by atoms with Crippen LogP contribution in [0.1, 0.15) is 24.5 Å².